The second kappa shape index (κ2) is 9.01. The second-order valence-corrected chi connectivity index (χ2v) is 6.33. The number of aromatic nitrogens is 1. The molecule has 0 unspecified atom stereocenters. The van der Waals surface area contributed by atoms with E-state index in [1.54, 1.807) is 37.6 Å². The summed E-state index contributed by atoms with van der Waals surface area (Å²) in [5, 5.41) is 4.48. The summed E-state index contributed by atoms with van der Waals surface area (Å²) in [6, 6.07) is 17.6. The van der Waals surface area contributed by atoms with Crippen LogP contribution in [-0.4, -0.2) is 23.8 Å². The Morgan fingerprint density at radius 1 is 1.18 bits per heavy atom. The number of hydrogen-bond acceptors (Lipinski definition) is 4. The molecule has 142 valence electrons. The molecule has 0 saturated heterocycles. The molecule has 0 atom stereocenters. The van der Waals surface area contributed by atoms with Crippen molar-refractivity contribution >= 4 is 23.7 Å². The average molecular weight is 396 g/mol. The second-order valence-electron chi connectivity index (χ2n) is 5.92. The maximum absolute atomic E-state index is 12.6. The van der Waals surface area contributed by atoms with Crippen molar-refractivity contribution in [2.24, 2.45) is 5.10 Å². The van der Waals surface area contributed by atoms with Gasteiger partial charge < -0.3 is 9.30 Å². The van der Waals surface area contributed by atoms with Crippen LogP contribution < -0.4 is 15.7 Å². The van der Waals surface area contributed by atoms with E-state index in [1.165, 1.54) is 16.8 Å². The van der Waals surface area contributed by atoms with Crippen LogP contribution in [0.5, 0.6) is 5.75 Å². The molecule has 0 aliphatic carbocycles. The summed E-state index contributed by atoms with van der Waals surface area (Å²) < 4.78 is 6.57. The minimum Gasteiger partial charge on any atom is -0.497 e. The SMILES string of the molecule is COc1cccc(/C=N\NC(=O)c2cccn(Cc3ccccc3Cl)c2=O)c1. The van der Waals surface area contributed by atoms with Gasteiger partial charge in [-0.05, 0) is 41.5 Å². The van der Waals surface area contributed by atoms with Crippen molar-refractivity contribution < 1.29 is 9.53 Å². The summed E-state index contributed by atoms with van der Waals surface area (Å²) in [6.07, 6.45) is 3.09. The summed E-state index contributed by atoms with van der Waals surface area (Å²) in [5.74, 6) is 0.0958. The van der Waals surface area contributed by atoms with Gasteiger partial charge in [0.2, 0.25) is 0 Å². The Balaban J connectivity index is 1.74. The van der Waals surface area contributed by atoms with Crippen LogP contribution in [0, 0.1) is 0 Å². The Morgan fingerprint density at radius 2 is 2.00 bits per heavy atom. The van der Waals surface area contributed by atoms with E-state index in [-0.39, 0.29) is 12.1 Å². The summed E-state index contributed by atoms with van der Waals surface area (Å²) in [5.41, 5.74) is 3.50. The summed E-state index contributed by atoms with van der Waals surface area (Å²) >= 11 is 6.15. The third-order valence-electron chi connectivity index (χ3n) is 4.04. The first-order chi connectivity index (χ1) is 13.6. The predicted molar refractivity (Wildman–Crippen MR) is 109 cm³/mol. The van der Waals surface area contributed by atoms with E-state index in [0.29, 0.717) is 10.8 Å². The van der Waals surface area contributed by atoms with E-state index in [2.05, 4.69) is 10.5 Å². The van der Waals surface area contributed by atoms with Gasteiger partial charge in [-0.3, -0.25) is 9.59 Å². The first-order valence-electron chi connectivity index (χ1n) is 8.49. The highest BCUT2D eigenvalue weighted by Gasteiger charge is 2.12. The number of carbonyl (C=O) groups excluding carboxylic acids is 1. The van der Waals surface area contributed by atoms with E-state index in [0.717, 1.165) is 11.1 Å². The standard InChI is InChI=1S/C21H18ClN3O3/c1-28-17-8-4-6-15(12-17)13-23-24-20(26)18-9-5-11-25(21(18)27)14-16-7-2-3-10-19(16)22/h2-13H,14H2,1H3,(H,24,26)/b23-13-. The zero-order valence-electron chi connectivity index (χ0n) is 15.1. The molecule has 6 nitrogen and oxygen atoms in total. The number of halogens is 1. The molecule has 1 amide bonds. The lowest BCUT2D eigenvalue weighted by Crippen LogP contribution is -2.30. The lowest BCUT2D eigenvalue weighted by Gasteiger charge is -2.09. The fourth-order valence-corrected chi connectivity index (χ4v) is 2.79. The first-order valence-corrected chi connectivity index (χ1v) is 8.86. The van der Waals surface area contributed by atoms with Crippen molar-refractivity contribution in [3.8, 4) is 5.75 Å². The van der Waals surface area contributed by atoms with Crippen LogP contribution in [0.15, 0.2) is 76.8 Å². The third-order valence-corrected chi connectivity index (χ3v) is 4.41. The number of benzene rings is 2. The molecule has 1 aromatic heterocycles. The van der Waals surface area contributed by atoms with Crippen molar-refractivity contribution in [1.29, 1.82) is 0 Å². The van der Waals surface area contributed by atoms with E-state index < -0.39 is 11.5 Å². The number of carbonyl (C=O) groups is 1. The average Bonchev–Trinajstić information content (AvgIpc) is 2.71. The lowest BCUT2D eigenvalue weighted by molar-refractivity contribution is 0.0953. The van der Waals surface area contributed by atoms with Gasteiger partial charge in [0.05, 0.1) is 19.9 Å². The van der Waals surface area contributed by atoms with Gasteiger partial charge in [-0.1, -0.05) is 41.9 Å². The Labute approximate surface area is 167 Å². The highest BCUT2D eigenvalue weighted by atomic mass is 35.5. The van der Waals surface area contributed by atoms with Crippen LogP contribution in [-0.2, 0) is 6.54 Å². The predicted octanol–water partition coefficient (Wildman–Crippen LogP) is 3.32. The lowest BCUT2D eigenvalue weighted by atomic mass is 10.2. The molecule has 1 heterocycles. The molecule has 0 radical (unpaired) electrons. The summed E-state index contributed by atoms with van der Waals surface area (Å²) in [4.78, 5) is 25.0. The zero-order chi connectivity index (χ0) is 19.9. The molecule has 7 heteroatoms. The number of hydrogen-bond donors (Lipinski definition) is 1. The van der Waals surface area contributed by atoms with Crippen LogP contribution >= 0.6 is 11.6 Å². The van der Waals surface area contributed by atoms with Crippen LogP contribution in [0.4, 0.5) is 0 Å². The third kappa shape index (κ3) is 4.66. The van der Waals surface area contributed by atoms with Crippen LogP contribution in [0.2, 0.25) is 5.02 Å². The smallest absolute Gasteiger partial charge is 0.276 e. The number of nitrogens with one attached hydrogen (secondary N) is 1. The van der Waals surface area contributed by atoms with E-state index >= 15 is 0 Å². The maximum atomic E-state index is 12.6. The molecule has 3 aromatic rings. The van der Waals surface area contributed by atoms with Gasteiger partial charge in [-0.2, -0.15) is 5.10 Å². The molecular formula is C21H18ClN3O3. The van der Waals surface area contributed by atoms with Crippen molar-refractivity contribution in [2.45, 2.75) is 6.54 Å². The van der Waals surface area contributed by atoms with Gasteiger partial charge in [-0.15, -0.1) is 0 Å². The van der Waals surface area contributed by atoms with Gasteiger partial charge in [0.15, 0.2) is 0 Å². The minimum atomic E-state index is -0.586. The van der Waals surface area contributed by atoms with Gasteiger partial charge in [0.25, 0.3) is 11.5 Å². The van der Waals surface area contributed by atoms with Crippen molar-refractivity contribution in [2.75, 3.05) is 7.11 Å². The summed E-state index contributed by atoms with van der Waals surface area (Å²) in [7, 11) is 1.57. The molecule has 2 aromatic carbocycles. The number of hydrazone groups is 1. The van der Waals surface area contributed by atoms with Crippen molar-refractivity contribution in [3.05, 3.63) is 98.9 Å². The van der Waals surface area contributed by atoms with E-state index in [1.807, 2.05) is 30.3 Å². The van der Waals surface area contributed by atoms with E-state index in [9.17, 15) is 9.59 Å². The number of rotatable bonds is 6. The zero-order valence-corrected chi connectivity index (χ0v) is 15.9. The molecule has 0 spiro atoms. The Morgan fingerprint density at radius 3 is 2.79 bits per heavy atom. The fourth-order valence-electron chi connectivity index (χ4n) is 2.59. The maximum Gasteiger partial charge on any atom is 0.276 e. The molecular weight excluding hydrogens is 378 g/mol. The summed E-state index contributed by atoms with van der Waals surface area (Å²) in [6.45, 7) is 0.271. The van der Waals surface area contributed by atoms with Crippen molar-refractivity contribution in [1.82, 2.24) is 9.99 Å². The number of amides is 1. The molecule has 28 heavy (non-hydrogen) atoms. The normalized spacial score (nSPS) is 10.8. The number of methoxy groups -OCH3 is 1. The van der Waals surface area contributed by atoms with E-state index in [4.69, 9.17) is 16.3 Å². The Bertz CT molecular complexity index is 1080. The molecule has 1 N–H and O–H groups in total. The first kappa shape index (κ1) is 19.4. The molecule has 3 rings (SSSR count). The topological polar surface area (TPSA) is 72.7 Å². The number of nitrogens with zero attached hydrogens (tertiary/aromatic N) is 2. The molecule has 0 bridgehead atoms. The number of ether oxygens (including phenoxy) is 1. The highest BCUT2D eigenvalue weighted by Crippen LogP contribution is 2.15. The largest absolute Gasteiger partial charge is 0.497 e. The van der Waals surface area contributed by atoms with Crippen LogP contribution in [0.25, 0.3) is 0 Å². The Kier molecular flexibility index (Phi) is 6.24. The molecule has 0 saturated carbocycles. The minimum absolute atomic E-state index is 0.00246. The quantitative estimate of drug-likeness (QED) is 0.514. The Hall–Kier alpha value is -3.38. The fraction of sp³-hybridized carbons (Fsp3) is 0.0952. The molecule has 0 aliphatic heterocycles. The van der Waals surface area contributed by atoms with Crippen molar-refractivity contribution in [3.63, 3.8) is 0 Å². The highest BCUT2D eigenvalue weighted by molar-refractivity contribution is 6.31. The van der Waals surface area contributed by atoms with Gasteiger partial charge in [0.1, 0.15) is 11.3 Å². The van der Waals surface area contributed by atoms with Gasteiger partial charge in [0, 0.05) is 11.2 Å². The molecule has 0 aliphatic rings. The monoisotopic (exact) mass is 395 g/mol. The molecule has 0 fully saturated rings. The van der Waals surface area contributed by atoms with Gasteiger partial charge >= 0.3 is 0 Å². The van der Waals surface area contributed by atoms with Crippen LogP contribution in [0.1, 0.15) is 21.5 Å². The van der Waals surface area contributed by atoms with Crippen LogP contribution in [0.3, 0.4) is 0 Å². The number of pyridine rings is 1. The van der Waals surface area contributed by atoms with Gasteiger partial charge in [-0.25, -0.2) is 5.43 Å².